The normalized spacial score (nSPS) is 14.7. The summed E-state index contributed by atoms with van der Waals surface area (Å²) < 4.78 is 0. The molecule has 1 aliphatic rings. The first-order chi connectivity index (χ1) is 8.42. The van der Waals surface area contributed by atoms with E-state index in [0.29, 0.717) is 0 Å². The molecule has 0 spiro atoms. The molecule has 0 unspecified atom stereocenters. The Morgan fingerprint density at radius 3 is 2.28 bits per heavy atom. The number of halogens is 1. The lowest BCUT2D eigenvalue weighted by Gasteiger charge is -2.28. The van der Waals surface area contributed by atoms with Crippen molar-refractivity contribution in [3.8, 4) is 0 Å². The number of hydrogen-bond acceptors (Lipinski definition) is 1. The van der Waals surface area contributed by atoms with Gasteiger partial charge in [-0.15, -0.1) is 12.4 Å². The lowest BCUT2D eigenvalue weighted by atomic mass is 9.99. The molecule has 1 heterocycles. The van der Waals surface area contributed by atoms with Crippen LogP contribution in [0.25, 0.3) is 0 Å². The van der Waals surface area contributed by atoms with E-state index in [0.717, 1.165) is 13.1 Å². The summed E-state index contributed by atoms with van der Waals surface area (Å²) >= 11 is 0. The summed E-state index contributed by atoms with van der Waals surface area (Å²) in [6.07, 6.45) is 1.18. The Hall–Kier alpha value is -1.31. The molecule has 0 bridgehead atoms. The Bertz CT molecular complexity index is 495. The first-order valence-electron chi connectivity index (χ1n) is 6.25. The summed E-state index contributed by atoms with van der Waals surface area (Å²) in [5, 5.41) is 0. The topological polar surface area (TPSA) is 3.24 Å². The molecule has 0 aliphatic carbocycles. The summed E-state index contributed by atoms with van der Waals surface area (Å²) in [6.45, 7) is 3.33. The second-order valence-corrected chi connectivity index (χ2v) is 4.71. The SMILES string of the molecule is Cl.c1ccc(CN2CCc3ccccc3C2)cc1. The van der Waals surface area contributed by atoms with E-state index in [1.54, 1.807) is 0 Å². The van der Waals surface area contributed by atoms with Gasteiger partial charge >= 0.3 is 0 Å². The van der Waals surface area contributed by atoms with Crippen molar-refractivity contribution in [2.24, 2.45) is 0 Å². The molecule has 0 amide bonds. The van der Waals surface area contributed by atoms with Gasteiger partial charge in [-0.05, 0) is 23.1 Å². The lowest BCUT2D eigenvalue weighted by molar-refractivity contribution is 0.245. The number of nitrogens with zero attached hydrogens (tertiary/aromatic N) is 1. The van der Waals surface area contributed by atoms with E-state index in [2.05, 4.69) is 59.5 Å². The van der Waals surface area contributed by atoms with E-state index >= 15 is 0 Å². The molecule has 0 saturated heterocycles. The molecule has 18 heavy (non-hydrogen) atoms. The number of benzene rings is 2. The Labute approximate surface area is 115 Å². The maximum absolute atomic E-state index is 2.53. The van der Waals surface area contributed by atoms with Crippen LogP contribution in [-0.2, 0) is 19.5 Å². The van der Waals surface area contributed by atoms with Gasteiger partial charge in [0.1, 0.15) is 0 Å². The Kier molecular flexibility index (Phi) is 4.40. The molecule has 0 saturated carbocycles. The molecule has 3 rings (SSSR count). The fraction of sp³-hybridized carbons (Fsp3) is 0.250. The van der Waals surface area contributed by atoms with Gasteiger partial charge in [0.2, 0.25) is 0 Å². The monoisotopic (exact) mass is 259 g/mol. The third kappa shape index (κ3) is 2.92. The van der Waals surface area contributed by atoms with Crippen LogP contribution in [0.1, 0.15) is 16.7 Å². The van der Waals surface area contributed by atoms with Crippen LogP contribution in [-0.4, -0.2) is 11.4 Å². The Morgan fingerprint density at radius 1 is 0.833 bits per heavy atom. The van der Waals surface area contributed by atoms with E-state index < -0.39 is 0 Å². The van der Waals surface area contributed by atoms with Gasteiger partial charge < -0.3 is 0 Å². The van der Waals surface area contributed by atoms with Gasteiger partial charge in [0, 0.05) is 19.6 Å². The average Bonchev–Trinajstić information content (AvgIpc) is 2.40. The minimum atomic E-state index is 0. The summed E-state index contributed by atoms with van der Waals surface area (Å²) in [5.41, 5.74) is 4.43. The zero-order chi connectivity index (χ0) is 11.5. The highest BCUT2D eigenvalue weighted by atomic mass is 35.5. The van der Waals surface area contributed by atoms with E-state index in [-0.39, 0.29) is 12.4 Å². The van der Waals surface area contributed by atoms with Crippen molar-refractivity contribution in [1.82, 2.24) is 4.90 Å². The second-order valence-electron chi connectivity index (χ2n) is 4.71. The highest BCUT2D eigenvalue weighted by Gasteiger charge is 2.15. The van der Waals surface area contributed by atoms with Crippen LogP contribution < -0.4 is 0 Å². The minimum Gasteiger partial charge on any atom is -0.294 e. The van der Waals surface area contributed by atoms with Crippen LogP contribution in [0.2, 0.25) is 0 Å². The standard InChI is InChI=1S/C16H17N.ClH/c1-2-6-14(7-3-1)12-17-11-10-15-8-4-5-9-16(15)13-17;/h1-9H,10-13H2;1H. The van der Waals surface area contributed by atoms with Crippen LogP contribution >= 0.6 is 12.4 Å². The Balaban J connectivity index is 0.00000120. The summed E-state index contributed by atoms with van der Waals surface area (Å²) in [6, 6.07) is 19.5. The van der Waals surface area contributed by atoms with Gasteiger partial charge in [-0.2, -0.15) is 0 Å². The molecule has 1 aliphatic heterocycles. The van der Waals surface area contributed by atoms with Crippen molar-refractivity contribution < 1.29 is 0 Å². The largest absolute Gasteiger partial charge is 0.294 e. The molecular weight excluding hydrogens is 242 g/mol. The van der Waals surface area contributed by atoms with E-state index in [1.165, 1.54) is 29.7 Å². The fourth-order valence-corrected chi connectivity index (χ4v) is 2.53. The van der Waals surface area contributed by atoms with Crippen molar-refractivity contribution in [3.63, 3.8) is 0 Å². The van der Waals surface area contributed by atoms with Crippen LogP contribution in [0.4, 0.5) is 0 Å². The molecule has 0 N–H and O–H groups in total. The Morgan fingerprint density at radius 2 is 1.50 bits per heavy atom. The van der Waals surface area contributed by atoms with Gasteiger partial charge in [0.15, 0.2) is 0 Å². The van der Waals surface area contributed by atoms with Crippen LogP contribution in [0, 0.1) is 0 Å². The van der Waals surface area contributed by atoms with Crippen molar-refractivity contribution in [3.05, 3.63) is 71.3 Å². The zero-order valence-corrected chi connectivity index (χ0v) is 11.2. The molecule has 0 fully saturated rings. The fourth-order valence-electron chi connectivity index (χ4n) is 2.53. The zero-order valence-electron chi connectivity index (χ0n) is 10.4. The highest BCUT2D eigenvalue weighted by Crippen LogP contribution is 2.19. The quantitative estimate of drug-likeness (QED) is 0.796. The molecule has 0 atom stereocenters. The van der Waals surface area contributed by atoms with Gasteiger partial charge in [-0.3, -0.25) is 4.90 Å². The summed E-state index contributed by atoms with van der Waals surface area (Å²) in [5.74, 6) is 0. The van der Waals surface area contributed by atoms with Crippen molar-refractivity contribution in [1.29, 1.82) is 0 Å². The lowest BCUT2D eigenvalue weighted by Crippen LogP contribution is -2.29. The van der Waals surface area contributed by atoms with Gasteiger partial charge in [-0.1, -0.05) is 54.6 Å². The van der Waals surface area contributed by atoms with Crippen LogP contribution in [0.15, 0.2) is 54.6 Å². The summed E-state index contributed by atoms with van der Waals surface area (Å²) in [7, 11) is 0. The molecule has 1 nitrogen and oxygen atoms in total. The number of rotatable bonds is 2. The second kappa shape index (κ2) is 6.03. The predicted octanol–water partition coefficient (Wildman–Crippen LogP) is 3.67. The molecule has 94 valence electrons. The molecule has 2 aromatic rings. The van der Waals surface area contributed by atoms with Crippen LogP contribution in [0.5, 0.6) is 0 Å². The molecule has 2 heteroatoms. The maximum Gasteiger partial charge on any atom is 0.0240 e. The number of hydrogen-bond donors (Lipinski definition) is 0. The highest BCUT2D eigenvalue weighted by molar-refractivity contribution is 5.85. The van der Waals surface area contributed by atoms with E-state index in [1.807, 2.05) is 0 Å². The van der Waals surface area contributed by atoms with Gasteiger partial charge in [0.25, 0.3) is 0 Å². The molecule has 0 radical (unpaired) electrons. The third-order valence-corrected chi connectivity index (χ3v) is 3.46. The van der Waals surface area contributed by atoms with E-state index in [9.17, 15) is 0 Å². The van der Waals surface area contributed by atoms with Crippen LogP contribution in [0.3, 0.4) is 0 Å². The maximum atomic E-state index is 2.53. The molecular formula is C16H18ClN. The summed E-state index contributed by atoms with van der Waals surface area (Å²) in [4.78, 5) is 2.53. The smallest absolute Gasteiger partial charge is 0.0240 e. The van der Waals surface area contributed by atoms with Crippen molar-refractivity contribution >= 4 is 12.4 Å². The molecule has 0 aromatic heterocycles. The predicted molar refractivity (Wildman–Crippen MR) is 78.0 cm³/mol. The van der Waals surface area contributed by atoms with Crippen molar-refractivity contribution in [2.75, 3.05) is 6.54 Å². The third-order valence-electron chi connectivity index (χ3n) is 3.46. The van der Waals surface area contributed by atoms with Gasteiger partial charge in [0.05, 0.1) is 0 Å². The number of fused-ring (bicyclic) bond motifs is 1. The average molecular weight is 260 g/mol. The molecule has 2 aromatic carbocycles. The minimum absolute atomic E-state index is 0. The van der Waals surface area contributed by atoms with E-state index in [4.69, 9.17) is 0 Å². The van der Waals surface area contributed by atoms with Gasteiger partial charge in [-0.25, -0.2) is 0 Å². The van der Waals surface area contributed by atoms with Crippen molar-refractivity contribution in [2.45, 2.75) is 19.5 Å². The first kappa shape index (κ1) is 13.1. The first-order valence-corrected chi connectivity index (χ1v) is 6.25.